The molecule has 2 aromatic rings. The van der Waals surface area contributed by atoms with Crippen molar-refractivity contribution in [1.29, 1.82) is 0 Å². The van der Waals surface area contributed by atoms with Crippen molar-refractivity contribution < 1.29 is 18.3 Å². The van der Waals surface area contributed by atoms with Gasteiger partial charge >= 0.3 is 5.97 Å². The first-order valence-corrected chi connectivity index (χ1v) is 8.30. The highest BCUT2D eigenvalue weighted by atomic mass is 35.5. The molecular formula is C14H11Cl2NO4S. The van der Waals surface area contributed by atoms with Crippen LogP contribution in [-0.4, -0.2) is 19.5 Å². The zero-order valence-electron chi connectivity index (χ0n) is 11.0. The number of benzene rings is 2. The van der Waals surface area contributed by atoms with Gasteiger partial charge in [0, 0.05) is 0 Å². The minimum atomic E-state index is -4.07. The molecule has 1 atom stereocenters. The molecule has 1 unspecified atom stereocenters. The molecule has 0 aliphatic carbocycles. The summed E-state index contributed by atoms with van der Waals surface area (Å²) in [6.07, 6.45) is 0. The van der Waals surface area contributed by atoms with Gasteiger partial charge in [-0.05, 0) is 23.8 Å². The number of nitrogens with one attached hydrogen (secondary N) is 1. The minimum absolute atomic E-state index is 0.0659. The summed E-state index contributed by atoms with van der Waals surface area (Å²) in [5, 5.41) is 9.53. The Morgan fingerprint density at radius 2 is 1.68 bits per heavy atom. The molecule has 0 spiro atoms. The predicted molar refractivity (Wildman–Crippen MR) is 83.6 cm³/mol. The Morgan fingerprint density at radius 1 is 1.05 bits per heavy atom. The molecule has 0 aliphatic heterocycles. The maximum Gasteiger partial charge on any atom is 0.326 e. The van der Waals surface area contributed by atoms with Gasteiger partial charge in [-0.2, -0.15) is 4.72 Å². The summed E-state index contributed by atoms with van der Waals surface area (Å²) in [5.41, 5.74) is 0.318. The van der Waals surface area contributed by atoms with Gasteiger partial charge in [-0.1, -0.05) is 53.5 Å². The maximum absolute atomic E-state index is 12.3. The highest BCUT2D eigenvalue weighted by molar-refractivity contribution is 7.89. The van der Waals surface area contributed by atoms with E-state index in [0.29, 0.717) is 5.56 Å². The largest absolute Gasteiger partial charge is 0.480 e. The van der Waals surface area contributed by atoms with Crippen LogP contribution >= 0.6 is 23.2 Å². The average molecular weight is 360 g/mol. The van der Waals surface area contributed by atoms with Crippen LogP contribution in [-0.2, 0) is 14.8 Å². The van der Waals surface area contributed by atoms with Crippen LogP contribution in [0.15, 0.2) is 53.4 Å². The van der Waals surface area contributed by atoms with E-state index in [1.165, 1.54) is 24.3 Å². The van der Waals surface area contributed by atoms with Gasteiger partial charge in [0.25, 0.3) is 0 Å². The van der Waals surface area contributed by atoms with Gasteiger partial charge in [0.05, 0.1) is 14.9 Å². The second-order valence-electron chi connectivity index (χ2n) is 4.38. The monoisotopic (exact) mass is 359 g/mol. The molecule has 0 fully saturated rings. The molecular weight excluding hydrogens is 349 g/mol. The normalized spacial score (nSPS) is 12.8. The number of hydrogen-bond acceptors (Lipinski definition) is 3. The standard InChI is InChI=1S/C14H11Cl2NO4S/c15-11-7-6-10(8-12(11)16)22(20,21)17-13(14(18)19)9-4-2-1-3-5-9/h1-8,13,17H,(H,18,19). The summed E-state index contributed by atoms with van der Waals surface area (Å²) < 4.78 is 26.8. The summed E-state index contributed by atoms with van der Waals surface area (Å²) in [7, 11) is -4.07. The number of aliphatic carboxylic acids is 1. The highest BCUT2D eigenvalue weighted by Crippen LogP contribution is 2.26. The summed E-state index contributed by atoms with van der Waals surface area (Å²) in [6.45, 7) is 0. The SMILES string of the molecule is O=C(O)C(NS(=O)(=O)c1ccc(Cl)c(Cl)c1)c1ccccc1. The molecule has 0 heterocycles. The predicted octanol–water partition coefficient (Wildman–Crippen LogP) is 3.10. The third-order valence-electron chi connectivity index (χ3n) is 2.85. The van der Waals surface area contributed by atoms with Crippen molar-refractivity contribution in [3.05, 3.63) is 64.1 Å². The van der Waals surface area contributed by atoms with Gasteiger partial charge in [-0.3, -0.25) is 4.79 Å². The van der Waals surface area contributed by atoms with Gasteiger partial charge in [-0.15, -0.1) is 0 Å². The molecule has 0 aromatic heterocycles. The van der Waals surface area contributed by atoms with E-state index in [2.05, 4.69) is 4.72 Å². The first-order valence-electron chi connectivity index (χ1n) is 6.06. The van der Waals surface area contributed by atoms with Crippen molar-refractivity contribution in [2.75, 3.05) is 0 Å². The van der Waals surface area contributed by atoms with E-state index >= 15 is 0 Å². The molecule has 0 bridgehead atoms. The lowest BCUT2D eigenvalue weighted by atomic mass is 10.1. The number of carboxylic acids is 1. The van der Waals surface area contributed by atoms with E-state index in [0.717, 1.165) is 6.07 Å². The fraction of sp³-hybridized carbons (Fsp3) is 0.0714. The van der Waals surface area contributed by atoms with Crippen molar-refractivity contribution in [3.8, 4) is 0 Å². The molecule has 0 saturated heterocycles. The third kappa shape index (κ3) is 3.78. The van der Waals surface area contributed by atoms with Gasteiger partial charge < -0.3 is 5.11 Å². The molecule has 22 heavy (non-hydrogen) atoms. The van der Waals surface area contributed by atoms with Gasteiger partial charge in [0.1, 0.15) is 6.04 Å². The third-order valence-corrected chi connectivity index (χ3v) is 5.01. The lowest BCUT2D eigenvalue weighted by Gasteiger charge is -2.15. The number of rotatable bonds is 5. The molecule has 0 radical (unpaired) electrons. The molecule has 2 N–H and O–H groups in total. The number of sulfonamides is 1. The zero-order valence-corrected chi connectivity index (χ0v) is 13.4. The van der Waals surface area contributed by atoms with Crippen LogP contribution in [0.1, 0.15) is 11.6 Å². The van der Waals surface area contributed by atoms with E-state index in [4.69, 9.17) is 23.2 Å². The van der Waals surface area contributed by atoms with Gasteiger partial charge in [-0.25, -0.2) is 8.42 Å². The topological polar surface area (TPSA) is 83.5 Å². The van der Waals surface area contributed by atoms with E-state index in [1.54, 1.807) is 18.2 Å². The Morgan fingerprint density at radius 3 is 2.23 bits per heavy atom. The molecule has 2 aromatic carbocycles. The van der Waals surface area contributed by atoms with Crippen LogP contribution in [0, 0.1) is 0 Å². The number of carboxylic acid groups (broad SMARTS) is 1. The van der Waals surface area contributed by atoms with Crippen LogP contribution in [0.5, 0.6) is 0 Å². The summed E-state index contributed by atoms with van der Waals surface area (Å²) >= 11 is 11.5. The van der Waals surface area contributed by atoms with E-state index in [9.17, 15) is 18.3 Å². The van der Waals surface area contributed by atoms with Crippen LogP contribution in [0.4, 0.5) is 0 Å². The Bertz CT molecular complexity index is 794. The number of halogens is 2. The fourth-order valence-electron chi connectivity index (χ4n) is 1.77. The molecule has 5 nitrogen and oxygen atoms in total. The number of carbonyl (C=O) groups is 1. The molecule has 116 valence electrons. The highest BCUT2D eigenvalue weighted by Gasteiger charge is 2.27. The number of hydrogen-bond donors (Lipinski definition) is 2. The lowest BCUT2D eigenvalue weighted by Crippen LogP contribution is -2.33. The van der Waals surface area contributed by atoms with Gasteiger partial charge in [0.2, 0.25) is 10.0 Å². The second kappa shape index (κ2) is 6.66. The van der Waals surface area contributed by atoms with Crippen molar-refractivity contribution in [1.82, 2.24) is 4.72 Å². The van der Waals surface area contributed by atoms with Crippen LogP contribution in [0.3, 0.4) is 0 Å². The first-order chi connectivity index (χ1) is 10.3. The van der Waals surface area contributed by atoms with Crippen LogP contribution in [0.25, 0.3) is 0 Å². The minimum Gasteiger partial charge on any atom is -0.480 e. The molecule has 8 heteroatoms. The van der Waals surface area contributed by atoms with Crippen molar-refractivity contribution in [3.63, 3.8) is 0 Å². The van der Waals surface area contributed by atoms with Crippen molar-refractivity contribution in [2.45, 2.75) is 10.9 Å². The van der Waals surface area contributed by atoms with Crippen LogP contribution in [0.2, 0.25) is 10.0 Å². The Balaban J connectivity index is 2.36. The van der Waals surface area contributed by atoms with Crippen molar-refractivity contribution >= 4 is 39.2 Å². The van der Waals surface area contributed by atoms with E-state index < -0.39 is 22.0 Å². The smallest absolute Gasteiger partial charge is 0.326 e. The van der Waals surface area contributed by atoms with Crippen molar-refractivity contribution in [2.24, 2.45) is 0 Å². The fourth-order valence-corrected chi connectivity index (χ4v) is 3.34. The zero-order chi connectivity index (χ0) is 16.3. The lowest BCUT2D eigenvalue weighted by molar-refractivity contribution is -0.139. The summed E-state index contributed by atoms with van der Waals surface area (Å²) in [5.74, 6) is -1.31. The quantitative estimate of drug-likeness (QED) is 0.858. The maximum atomic E-state index is 12.3. The van der Waals surface area contributed by atoms with E-state index in [1.807, 2.05) is 0 Å². The van der Waals surface area contributed by atoms with E-state index in [-0.39, 0.29) is 14.9 Å². The second-order valence-corrected chi connectivity index (χ2v) is 6.91. The molecule has 0 aliphatic rings. The molecule has 0 amide bonds. The molecule has 2 rings (SSSR count). The van der Waals surface area contributed by atoms with Gasteiger partial charge in [0.15, 0.2) is 0 Å². The molecule has 0 saturated carbocycles. The summed E-state index contributed by atoms with van der Waals surface area (Å²) in [6, 6.07) is 10.3. The average Bonchev–Trinajstić information content (AvgIpc) is 2.48. The first kappa shape index (κ1) is 16.8. The summed E-state index contributed by atoms with van der Waals surface area (Å²) in [4.78, 5) is 11.2. The Kier molecular flexibility index (Phi) is 5.08. The van der Waals surface area contributed by atoms with Crippen LogP contribution < -0.4 is 4.72 Å². The Hall–Kier alpha value is -1.60. The Labute approximate surface area is 137 Å².